The summed E-state index contributed by atoms with van der Waals surface area (Å²) in [5.41, 5.74) is -0.0764. The van der Waals surface area contributed by atoms with Gasteiger partial charge in [-0.2, -0.15) is 16.9 Å². The van der Waals surface area contributed by atoms with Crippen LogP contribution < -0.4 is 5.32 Å². The van der Waals surface area contributed by atoms with Crippen molar-refractivity contribution in [3.05, 3.63) is 12.5 Å². The standard InChI is InChI=1S/C10H15N5OS/c1-10(16,5-17-2)4-11-8-7-3-14-15-9(7)13-6-12-8/h3,6,16H,4-5H2,1-2H3,(H2,11,12,13,14,15). The van der Waals surface area contributed by atoms with E-state index in [1.54, 1.807) is 24.9 Å². The number of hydrogen-bond acceptors (Lipinski definition) is 6. The number of aliphatic hydroxyl groups is 1. The summed E-state index contributed by atoms with van der Waals surface area (Å²) in [5, 5.41) is 20.7. The van der Waals surface area contributed by atoms with E-state index in [0.717, 1.165) is 5.39 Å². The third-order valence-corrected chi connectivity index (χ3v) is 3.25. The first-order valence-corrected chi connectivity index (χ1v) is 6.61. The monoisotopic (exact) mass is 253 g/mol. The summed E-state index contributed by atoms with van der Waals surface area (Å²) in [5.74, 6) is 1.35. The second-order valence-corrected chi connectivity index (χ2v) is 5.00. The summed E-state index contributed by atoms with van der Waals surface area (Å²) in [6.45, 7) is 2.23. The van der Waals surface area contributed by atoms with Crippen LogP contribution in [0, 0.1) is 0 Å². The van der Waals surface area contributed by atoms with E-state index >= 15 is 0 Å². The number of fused-ring (bicyclic) bond motifs is 1. The molecule has 1 atom stereocenters. The summed E-state index contributed by atoms with van der Waals surface area (Å²) in [7, 11) is 0. The Balaban J connectivity index is 2.11. The fourth-order valence-electron chi connectivity index (χ4n) is 1.54. The van der Waals surface area contributed by atoms with E-state index in [-0.39, 0.29) is 0 Å². The highest BCUT2D eigenvalue weighted by molar-refractivity contribution is 7.98. The van der Waals surface area contributed by atoms with Crippen LogP contribution in [-0.4, -0.2) is 49.4 Å². The summed E-state index contributed by atoms with van der Waals surface area (Å²) < 4.78 is 0. The van der Waals surface area contributed by atoms with Gasteiger partial charge in [-0.25, -0.2) is 9.97 Å². The van der Waals surface area contributed by atoms with Crippen molar-refractivity contribution in [3.8, 4) is 0 Å². The topological polar surface area (TPSA) is 86.7 Å². The maximum absolute atomic E-state index is 10.0. The third kappa shape index (κ3) is 2.86. The van der Waals surface area contributed by atoms with E-state index in [0.29, 0.717) is 23.8 Å². The van der Waals surface area contributed by atoms with E-state index < -0.39 is 5.60 Å². The quantitative estimate of drug-likeness (QED) is 0.733. The highest BCUT2D eigenvalue weighted by Gasteiger charge is 2.19. The van der Waals surface area contributed by atoms with Crippen molar-refractivity contribution in [2.75, 3.05) is 23.9 Å². The maximum Gasteiger partial charge on any atom is 0.160 e. The average Bonchev–Trinajstić information content (AvgIpc) is 2.74. The van der Waals surface area contributed by atoms with Crippen LogP contribution in [0.15, 0.2) is 12.5 Å². The van der Waals surface area contributed by atoms with Gasteiger partial charge in [0, 0.05) is 12.3 Å². The van der Waals surface area contributed by atoms with Gasteiger partial charge in [0.1, 0.15) is 12.1 Å². The zero-order chi connectivity index (χ0) is 12.3. The van der Waals surface area contributed by atoms with Crippen molar-refractivity contribution < 1.29 is 5.11 Å². The number of hydrogen-bond donors (Lipinski definition) is 3. The van der Waals surface area contributed by atoms with Gasteiger partial charge in [0.05, 0.1) is 17.2 Å². The number of anilines is 1. The Bertz CT molecular complexity index is 498. The van der Waals surface area contributed by atoms with Crippen molar-refractivity contribution >= 4 is 28.6 Å². The molecular weight excluding hydrogens is 238 g/mol. The molecule has 0 amide bonds. The van der Waals surface area contributed by atoms with Crippen molar-refractivity contribution in [1.82, 2.24) is 20.2 Å². The molecule has 92 valence electrons. The van der Waals surface area contributed by atoms with Crippen LogP contribution in [0.5, 0.6) is 0 Å². The lowest BCUT2D eigenvalue weighted by molar-refractivity contribution is 0.0996. The van der Waals surface area contributed by atoms with Crippen LogP contribution in [0.3, 0.4) is 0 Å². The Hall–Kier alpha value is -1.34. The Kier molecular flexibility index (Phi) is 3.49. The van der Waals surface area contributed by atoms with Crippen molar-refractivity contribution in [2.24, 2.45) is 0 Å². The van der Waals surface area contributed by atoms with Gasteiger partial charge in [0.15, 0.2) is 5.65 Å². The number of aromatic amines is 1. The molecule has 1 unspecified atom stereocenters. The molecule has 3 N–H and O–H groups in total. The van der Waals surface area contributed by atoms with Gasteiger partial charge in [-0.3, -0.25) is 5.10 Å². The van der Waals surface area contributed by atoms with Gasteiger partial charge in [-0.1, -0.05) is 0 Å². The average molecular weight is 253 g/mol. The fraction of sp³-hybridized carbons (Fsp3) is 0.500. The predicted octanol–water partition coefficient (Wildman–Crippen LogP) is 0.879. The first-order chi connectivity index (χ1) is 8.12. The predicted molar refractivity (Wildman–Crippen MR) is 69.2 cm³/mol. The minimum Gasteiger partial charge on any atom is -0.387 e. The minimum atomic E-state index is -0.763. The molecule has 2 aromatic rings. The first-order valence-electron chi connectivity index (χ1n) is 5.22. The minimum absolute atomic E-state index is 0.436. The Morgan fingerprint density at radius 2 is 2.35 bits per heavy atom. The van der Waals surface area contributed by atoms with Gasteiger partial charge in [-0.15, -0.1) is 0 Å². The number of H-pyrrole nitrogens is 1. The highest BCUT2D eigenvalue weighted by Crippen LogP contribution is 2.18. The van der Waals surface area contributed by atoms with Crippen LogP contribution in [0.2, 0.25) is 0 Å². The van der Waals surface area contributed by atoms with Crippen molar-refractivity contribution in [3.63, 3.8) is 0 Å². The lowest BCUT2D eigenvalue weighted by Gasteiger charge is -2.22. The van der Waals surface area contributed by atoms with Gasteiger partial charge in [-0.05, 0) is 13.2 Å². The summed E-state index contributed by atoms with van der Waals surface area (Å²) >= 11 is 1.61. The molecule has 2 aromatic heterocycles. The van der Waals surface area contributed by atoms with Crippen molar-refractivity contribution in [2.45, 2.75) is 12.5 Å². The molecule has 0 aliphatic carbocycles. The Labute approximate surface area is 103 Å². The van der Waals surface area contributed by atoms with E-state index in [4.69, 9.17) is 0 Å². The maximum atomic E-state index is 10.0. The van der Waals surface area contributed by atoms with Crippen molar-refractivity contribution in [1.29, 1.82) is 0 Å². The second-order valence-electron chi connectivity index (χ2n) is 4.14. The number of aromatic nitrogens is 4. The third-order valence-electron chi connectivity index (χ3n) is 2.34. The molecule has 0 saturated heterocycles. The molecule has 0 spiro atoms. The molecule has 0 bridgehead atoms. The van der Waals surface area contributed by atoms with E-state index in [1.807, 2.05) is 6.26 Å². The van der Waals surface area contributed by atoms with Crippen LogP contribution in [0.1, 0.15) is 6.92 Å². The van der Waals surface area contributed by atoms with E-state index in [2.05, 4.69) is 25.5 Å². The Morgan fingerprint density at radius 1 is 1.53 bits per heavy atom. The Morgan fingerprint density at radius 3 is 3.12 bits per heavy atom. The number of nitrogens with zero attached hydrogens (tertiary/aromatic N) is 3. The smallest absolute Gasteiger partial charge is 0.160 e. The lowest BCUT2D eigenvalue weighted by atomic mass is 10.1. The molecule has 0 radical (unpaired) electrons. The summed E-state index contributed by atoms with van der Waals surface area (Å²) in [6, 6.07) is 0. The normalized spacial score (nSPS) is 14.8. The molecule has 2 rings (SSSR count). The van der Waals surface area contributed by atoms with Gasteiger partial charge in [0.2, 0.25) is 0 Å². The number of thioether (sulfide) groups is 1. The highest BCUT2D eigenvalue weighted by atomic mass is 32.2. The molecule has 0 aromatic carbocycles. The summed E-state index contributed by atoms with van der Waals surface area (Å²) in [4.78, 5) is 8.19. The molecule has 2 heterocycles. The molecule has 0 fully saturated rings. The zero-order valence-electron chi connectivity index (χ0n) is 9.77. The van der Waals surface area contributed by atoms with E-state index in [1.165, 1.54) is 6.33 Å². The largest absolute Gasteiger partial charge is 0.387 e. The molecule has 0 aliphatic heterocycles. The molecule has 6 nitrogen and oxygen atoms in total. The zero-order valence-corrected chi connectivity index (χ0v) is 10.6. The van der Waals surface area contributed by atoms with Crippen LogP contribution in [-0.2, 0) is 0 Å². The number of nitrogens with one attached hydrogen (secondary N) is 2. The van der Waals surface area contributed by atoms with Crippen LogP contribution in [0.25, 0.3) is 11.0 Å². The lowest BCUT2D eigenvalue weighted by Crippen LogP contribution is -2.36. The van der Waals surface area contributed by atoms with E-state index in [9.17, 15) is 5.11 Å². The van der Waals surface area contributed by atoms with Crippen LogP contribution >= 0.6 is 11.8 Å². The second kappa shape index (κ2) is 4.89. The van der Waals surface area contributed by atoms with Crippen LogP contribution in [0.4, 0.5) is 5.82 Å². The van der Waals surface area contributed by atoms with Gasteiger partial charge < -0.3 is 10.4 Å². The molecule has 17 heavy (non-hydrogen) atoms. The SMILES string of the molecule is CSCC(C)(O)CNc1ncnc2[nH]ncc12. The van der Waals surface area contributed by atoms with Gasteiger partial charge in [0.25, 0.3) is 0 Å². The molecule has 7 heteroatoms. The molecule has 0 aliphatic rings. The van der Waals surface area contributed by atoms with Gasteiger partial charge >= 0.3 is 0 Å². The molecule has 0 saturated carbocycles. The summed E-state index contributed by atoms with van der Waals surface area (Å²) in [6.07, 6.45) is 5.10. The molecular formula is C10H15N5OS. The number of rotatable bonds is 5. The fourth-order valence-corrected chi connectivity index (χ4v) is 2.27. The first kappa shape index (κ1) is 12.1.